The predicted octanol–water partition coefficient (Wildman–Crippen LogP) is 1.17. The number of hydrogen-bond donors (Lipinski definition) is 3. The summed E-state index contributed by atoms with van der Waals surface area (Å²) in [5.74, 6) is 1.47. The molecule has 8 nitrogen and oxygen atoms in total. The van der Waals surface area contributed by atoms with Gasteiger partial charge >= 0.3 is 0 Å². The minimum Gasteiger partial charge on any atom is -0.347 e. The normalized spacial score (nSPS) is 23.2. The monoisotopic (exact) mass is 381 g/mol. The number of aromatic amines is 1. The zero-order valence-electron chi connectivity index (χ0n) is 13.5. The van der Waals surface area contributed by atoms with Gasteiger partial charge < -0.3 is 20.9 Å². The molecule has 0 unspecified atom stereocenters. The molecule has 2 atom stereocenters. The molecule has 1 fully saturated rings. The van der Waals surface area contributed by atoms with Gasteiger partial charge in [0.25, 0.3) is 5.91 Å². The zero-order chi connectivity index (χ0) is 16.5. The predicted molar refractivity (Wildman–Crippen MR) is 101 cm³/mol. The number of thioether (sulfide) groups is 1. The van der Waals surface area contributed by atoms with Gasteiger partial charge in [-0.3, -0.25) is 4.79 Å². The maximum absolute atomic E-state index is 12.6. The number of rotatable bonds is 3. The van der Waals surface area contributed by atoms with Crippen LogP contribution in [0.3, 0.4) is 0 Å². The van der Waals surface area contributed by atoms with Crippen molar-refractivity contribution in [3.05, 3.63) is 23.8 Å². The molecule has 2 aliphatic rings. The summed E-state index contributed by atoms with van der Waals surface area (Å²) in [6.07, 6.45) is 7.95. The number of anilines is 1. The molecule has 0 saturated heterocycles. The number of nitrogens with one attached hydrogen (secondary N) is 2. The van der Waals surface area contributed by atoms with E-state index in [4.69, 9.17) is 5.73 Å². The highest BCUT2D eigenvalue weighted by atomic mass is 35.5. The summed E-state index contributed by atoms with van der Waals surface area (Å²) >= 11 is 1.56. The van der Waals surface area contributed by atoms with E-state index in [1.54, 1.807) is 18.1 Å². The summed E-state index contributed by atoms with van der Waals surface area (Å²) in [5.41, 5.74) is 7.44. The second kappa shape index (κ2) is 7.59. The fraction of sp³-hybridized carbons (Fsp3) is 0.467. The van der Waals surface area contributed by atoms with Crippen LogP contribution in [-0.2, 0) is 4.79 Å². The Balaban J connectivity index is 0.00000182. The van der Waals surface area contributed by atoms with Crippen molar-refractivity contribution in [1.82, 2.24) is 25.3 Å². The third-order valence-corrected chi connectivity index (χ3v) is 5.43. The first kappa shape index (κ1) is 18.0. The Labute approximate surface area is 155 Å². The number of nitrogens with two attached hydrogens (primary N) is 1. The van der Waals surface area contributed by atoms with Crippen LogP contribution in [0, 0.1) is 0 Å². The van der Waals surface area contributed by atoms with E-state index >= 15 is 0 Å². The molecular weight excluding hydrogens is 362 g/mol. The van der Waals surface area contributed by atoms with Crippen LogP contribution in [0.5, 0.6) is 0 Å². The quantitative estimate of drug-likeness (QED) is 0.731. The van der Waals surface area contributed by atoms with Crippen LogP contribution in [0.15, 0.2) is 23.8 Å². The fourth-order valence-corrected chi connectivity index (χ4v) is 4.06. The van der Waals surface area contributed by atoms with Crippen molar-refractivity contribution in [2.24, 2.45) is 5.73 Å². The van der Waals surface area contributed by atoms with Crippen molar-refractivity contribution in [2.45, 2.75) is 31.3 Å². The van der Waals surface area contributed by atoms with E-state index in [0.29, 0.717) is 21.9 Å². The van der Waals surface area contributed by atoms with Gasteiger partial charge in [0.05, 0.1) is 11.2 Å². The Bertz CT molecular complexity index is 795. The Hall–Kier alpha value is -1.84. The highest BCUT2D eigenvalue weighted by Crippen LogP contribution is 2.28. The lowest BCUT2D eigenvalue weighted by Crippen LogP contribution is -2.44. The third-order valence-electron chi connectivity index (χ3n) is 4.44. The number of aromatic nitrogens is 4. The molecule has 1 amide bonds. The van der Waals surface area contributed by atoms with Gasteiger partial charge in [0, 0.05) is 30.6 Å². The van der Waals surface area contributed by atoms with Gasteiger partial charge in [0.1, 0.15) is 6.33 Å². The molecule has 1 aliphatic carbocycles. The topological polar surface area (TPSA) is 113 Å². The van der Waals surface area contributed by atoms with Crippen LogP contribution in [-0.4, -0.2) is 50.2 Å². The fourth-order valence-electron chi connectivity index (χ4n) is 3.16. The largest absolute Gasteiger partial charge is 0.347 e. The minimum atomic E-state index is -0.0561. The molecule has 2 aromatic heterocycles. The Kier molecular flexibility index (Phi) is 5.45. The molecule has 1 saturated carbocycles. The van der Waals surface area contributed by atoms with E-state index in [1.165, 1.54) is 6.33 Å². The van der Waals surface area contributed by atoms with E-state index in [0.717, 1.165) is 31.6 Å². The number of H-pyrrole nitrogens is 1. The number of halogens is 1. The van der Waals surface area contributed by atoms with Gasteiger partial charge in [-0.05, 0) is 19.3 Å². The van der Waals surface area contributed by atoms with E-state index in [1.807, 2.05) is 11.1 Å². The number of carbonyl (C=O) groups excluding carboxylic acids is 1. The standard InChI is InChI=1S/C15H19N7OS.ClH/c16-9-2-1-3-10(9)21-15(23)11-6-22(4-5-24-11)14-12-13(18-7-17-12)19-8-20-14;/h6-10H,1-5,16H2,(H,21,23)(H,17,18,19,20);1H/t9-,10+;/m1./s1. The second-order valence-electron chi connectivity index (χ2n) is 6.01. The number of fused-ring (bicyclic) bond motifs is 1. The highest BCUT2D eigenvalue weighted by Gasteiger charge is 2.28. The maximum Gasteiger partial charge on any atom is 0.259 e. The van der Waals surface area contributed by atoms with Crippen LogP contribution in [0.1, 0.15) is 19.3 Å². The van der Waals surface area contributed by atoms with Gasteiger partial charge in [0.2, 0.25) is 0 Å². The Morgan fingerprint density at radius 3 is 3.04 bits per heavy atom. The molecular formula is C15H20ClN7OS. The molecule has 134 valence electrons. The average molecular weight is 382 g/mol. The minimum absolute atomic E-state index is 0. The van der Waals surface area contributed by atoms with Crippen molar-refractivity contribution in [3.8, 4) is 0 Å². The molecule has 4 N–H and O–H groups in total. The number of carbonyl (C=O) groups is 1. The van der Waals surface area contributed by atoms with Crippen LogP contribution < -0.4 is 16.0 Å². The van der Waals surface area contributed by atoms with Crippen molar-refractivity contribution in [3.63, 3.8) is 0 Å². The number of hydrogen-bond acceptors (Lipinski definition) is 7. The van der Waals surface area contributed by atoms with E-state index in [-0.39, 0.29) is 30.4 Å². The summed E-state index contributed by atoms with van der Waals surface area (Å²) in [6.45, 7) is 0.767. The lowest BCUT2D eigenvalue weighted by molar-refractivity contribution is -0.117. The van der Waals surface area contributed by atoms with Gasteiger partial charge in [-0.1, -0.05) is 0 Å². The second-order valence-corrected chi connectivity index (χ2v) is 7.14. The maximum atomic E-state index is 12.6. The van der Waals surface area contributed by atoms with E-state index in [9.17, 15) is 4.79 Å². The molecule has 0 radical (unpaired) electrons. The molecule has 0 bridgehead atoms. The summed E-state index contributed by atoms with van der Waals surface area (Å²) in [5, 5.41) is 3.07. The van der Waals surface area contributed by atoms with Crippen LogP contribution in [0.4, 0.5) is 5.82 Å². The first-order chi connectivity index (χ1) is 11.7. The summed E-state index contributed by atoms with van der Waals surface area (Å²) in [4.78, 5) is 31.0. The van der Waals surface area contributed by atoms with Gasteiger partial charge in [-0.25, -0.2) is 15.0 Å². The smallest absolute Gasteiger partial charge is 0.259 e. The van der Waals surface area contributed by atoms with Crippen LogP contribution >= 0.6 is 24.2 Å². The highest BCUT2D eigenvalue weighted by molar-refractivity contribution is 8.04. The first-order valence-corrected chi connectivity index (χ1v) is 9.03. The summed E-state index contributed by atoms with van der Waals surface area (Å²) < 4.78 is 0. The van der Waals surface area contributed by atoms with E-state index < -0.39 is 0 Å². The number of imidazole rings is 1. The molecule has 0 spiro atoms. The van der Waals surface area contributed by atoms with Gasteiger partial charge in [-0.2, -0.15) is 0 Å². The molecule has 4 rings (SSSR count). The average Bonchev–Trinajstić information content (AvgIpc) is 3.24. The Morgan fingerprint density at radius 2 is 2.24 bits per heavy atom. The molecule has 3 heterocycles. The number of nitrogens with zero attached hydrogens (tertiary/aromatic N) is 4. The van der Waals surface area contributed by atoms with Crippen LogP contribution in [0.2, 0.25) is 0 Å². The van der Waals surface area contributed by atoms with Crippen molar-refractivity contribution in [1.29, 1.82) is 0 Å². The SMILES string of the molecule is Cl.N[C@@H]1CCC[C@@H]1NC(=O)C1=CN(c2ncnc3[nH]cnc23)CCS1. The first-order valence-electron chi connectivity index (χ1n) is 8.04. The molecule has 25 heavy (non-hydrogen) atoms. The van der Waals surface area contributed by atoms with Crippen molar-refractivity contribution in [2.75, 3.05) is 17.2 Å². The van der Waals surface area contributed by atoms with Crippen molar-refractivity contribution < 1.29 is 4.79 Å². The van der Waals surface area contributed by atoms with Gasteiger partial charge in [0.15, 0.2) is 17.0 Å². The van der Waals surface area contributed by atoms with E-state index in [2.05, 4.69) is 25.3 Å². The summed E-state index contributed by atoms with van der Waals surface area (Å²) in [7, 11) is 0. The third kappa shape index (κ3) is 3.58. The Morgan fingerprint density at radius 1 is 1.36 bits per heavy atom. The van der Waals surface area contributed by atoms with Crippen molar-refractivity contribution >= 4 is 47.1 Å². The zero-order valence-corrected chi connectivity index (χ0v) is 15.1. The lowest BCUT2D eigenvalue weighted by atomic mass is 10.2. The number of amides is 1. The molecule has 1 aliphatic heterocycles. The lowest BCUT2D eigenvalue weighted by Gasteiger charge is -2.26. The molecule has 0 aromatic carbocycles. The van der Waals surface area contributed by atoms with Crippen LogP contribution in [0.25, 0.3) is 11.2 Å². The molecule has 2 aromatic rings. The van der Waals surface area contributed by atoms with Gasteiger partial charge in [-0.15, -0.1) is 24.2 Å². The molecule has 10 heteroatoms. The summed E-state index contributed by atoms with van der Waals surface area (Å²) in [6, 6.07) is 0.135.